The van der Waals surface area contributed by atoms with E-state index in [2.05, 4.69) is 5.32 Å². The molecule has 0 bridgehead atoms. The summed E-state index contributed by atoms with van der Waals surface area (Å²) in [7, 11) is -3.59. The van der Waals surface area contributed by atoms with Crippen LogP contribution in [0.15, 0.2) is 0 Å². The van der Waals surface area contributed by atoms with Gasteiger partial charge in [0.15, 0.2) is 0 Å². The summed E-state index contributed by atoms with van der Waals surface area (Å²) in [5.41, 5.74) is -0.646. The first-order chi connectivity index (χ1) is 8.96. The second-order valence-electron chi connectivity index (χ2n) is 6.00. The van der Waals surface area contributed by atoms with Gasteiger partial charge in [-0.1, -0.05) is 0 Å². The van der Waals surface area contributed by atoms with Crippen LogP contribution in [0.4, 0.5) is 9.18 Å². The topological polar surface area (TPSA) is 81.7 Å². The molecule has 0 aromatic carbocycles. The minimum Gasteiger partial charge on any atom is -0.444 e. The highest BCUT2D eigenvalue weighted by Crippen LogP contribution is 2.25. The Balaban J connectivity index is 2.47. The van der Waals surface area contributed by atoms with E-state index >= 15 is 0 Å². The van der Waals surface area contributed by atoms with Crippen molar-refractivity contribution in [3.63, 3.8) is 0 Å². The monoisotopic (exact) mass is 311 g/mol. The second kappa shape index (κ2) is 6.26. The van der Waals surface area contributed by atoms with Gasteiger partial charge >= 0.3 is 6.09 Å². The second-order valence-corrected chi connectivity index (χ2v) is 7.60. The van der Waals surface area contributed by atoms with E-state index < -0.39 is 40.1 Å². The van der Waals surface area contributed by atoms with Gasteiger partial charge in [-0.2, -0.15) is 8.42 Å². The molecule has 0 aromatic rings. The first kappa shape index (κ1) is 17.2. The molecule has 1 fully saturated rings. The van der Waals surface area contributed by atoms with Crippen molar-refractivity contribution in [1.29, 1.82) is 0 Å². The number of hydrogen-bond donors (Lipinski definition) is 1. The molecule has 1 aliphatic carbocycles. The maximum absolute atomic E-state index is 13.9. The molecular weight excluding hydrogens is 289 g/mol. The van der Waals surface area contributed by atoms with Crippen molar-refractivity contribution in [1.82, 2.24) is 5.32 Å². The molecule has 6 nitrogen and oxygen atoms in total. The molecule has 1 aliphatic rings. The number of carbonyl (C=O) groups is 1. The minimum absolute atomic E-state index is 0.0620. The van der Waals surface area contributed by atoms with Gasteiger partial charge in [0.05, 0.1) is 18.4 Å². The van der Waals surface area contributed by atoms with E-state index in [1.54, 1.807) is 20.8 Å². The maximum atomic E-state index is 13.9. The number of ether oxygens (including phenoxy) is 1. The smallest absolute Gasteiger partial charge is 0.407 e. The third-order valence-corrected chi connectivity index (χ3v) is 3.36. The zero-order valence-electron chi connectivity index (χ0n) is 12.2. The number of nitrogens with one attached hydrogen (secondary N) is 1. The quantitative estimate of drug-likeness (QED) is 0.803. The van der Waals surface area contributed by atoms with Crippen LogP contribution in [-0.4, -0.2) is 44.7 Å². The van der Waals surface area contributed by atoms with E-state index in [9.17, 15) is 17.6 Å². The molecule has 3 atom stereocenters. The molecule has 0 aliphatic heterocycles. The Hall–Kier alpha value is -0.890. The third kappa shape index (κ3) is 6.51. The van der Waals surface area contributed by atoms with Crippen molar-refractivity contribution in [3.05, 3.63) is 0 Å². The van der Waals surface area contributed by atoms with Gasteiger partial charge in [-0.3, -0.25) is 4.18 Å². The average Bonchev–Trinajstić information content (AvgIpc) is 2.17. The highest BCUT2D eigenvalue weighted by molar-refractivity contribution is 7.86. The number of halogens is 1. The molecule has 0 saturated heterocycles. The molecule has 1 N–H and O–H groups in total. The largest absolute Gasteiger partial charge is 0.444 e. The highest BCUT2D eigenvalue weighted by Gasteiger charge is 2.34. The van der Waals surface area contributed by atoms with Crippen molar-refractivity contribution >= 4 is 16.2 Å². The Kier molecular flexibility index (Phi) is 5.37. The van der Waals surface area contributed by atoms with E-state index in [1.807, 2.05) is 0 Å². The molecule has 8 heteroatoms. The molecule has 0 unspecified atom stereocenters. The molecule has 0 heterocycles. The van der Waals surface area contributed by atoms with Crippen LogP contribution >= 0.6 is 0 Å². The van der Waals surface area contributed by atoms with Crippen LogP contribution in [0.2, 0.25) is 0 Å². The van der Waals surface area contributed by atoms with Crippen LogP contribution in [0.3, 0.4) is 0 Å². The highest BCUT2D eigenvalue weighted by atomic mass is 32.2. The molecule has 0 spiro atoms. The number of hydrogen-bond acceptors (Lipinski definition) is 5. The lowest BCUT2D eigenvalue weighted by Crippen LogP contribution is -2.48. The number of amides is 1. The first-order valence-corrected chi connectivity index (χ1v) is 8.30. The zero-order chi connectivity index (χ0) is 15.6. The van der Waals surface area contributed by atoms with Crippen LogP contribution in [0, 0.1) is 0 Å². The molecule has 118 valence electrons. The molecule has 20 heavy (non-hydrogen) atoms. The predicted octanol–water partition coefficient (Wildman–Crippen LogP) is 1.75. The predicted molar refractivity (Wildman–Crippen MR) is 71.6 cm³/mol. The summed E-state index contributed by atoms with van der Waals surface area (Å²) < 4.78 is 45.7. The molecule has 1 amide bonds. The van der Waals surface area contributed by atoms with Crippen LogP contribution in [0.1, 0.15) is 40.0 Å². The summed E-state index contributed by atoms with van der Waals surface area (Å²) in [6.07, 6.45) is -1.15. The Bertz CT molecular complexity index is 445. The molecule has 0 radical (unpaired) electrons. The van der Waals surface area contributed by atoms with E-state index in [4.69, 9.17) is 8.92 Å². The zero-order valence-corrected chi connectivity index (χ0v) is 13.0. The lowest BCUT2D eigenvalue weighted by molar-refractivity contribution is 0.0374. The molecule has 1 saturated carbocycles. The van der Waals surface area contributed by atoms with Gasteiger partial charge in [0.25, 0.3) is 10.1 Å². The van der Waals surface area contributed by atoms with E-state index in [0.29, 0.717) is 12.8 Å². The van der Waals surface area contributed by atoms with Gasteiger partial charge in [0, 0.05) is 6.42 Å². The van der Waals surface area contributed by atoms with Gasteiger partial charge in [0.1, 0.15) is 11.8 Å². The van der Waals surface area contributed by atoms with E-state index in [0.717, 1.165) is 6.26 Å². The summed E-state index contributed by atoms with van der Waals surface area (Å²) in [5.74, 6) is 0. The van der Waals surface area contributed by atoms with E-state index in [1.165, 1.54) is 0 Å². The molecular formula is C12H22FNO5S. The number of alkyl halides is 1. The summed E-state index contributed by atoms with van der Waals surface area (Å²) in [4.78, 5) is 11.6. The Morgan fingerprint density at radius 2 is 1.90 bits per heavy atom. The number of carbonyl (C=O) groups excluding carboxylic acids is 1. The summed E-state index contributed by atoms with van der Waals surface area (Å²) >= 11 is 0. The Morgan fingerprint density at radius 1 is 1.30 bits per heavy atom. The first-order valence-electron chi connectivity index (χ1n) is 6.48. The number of rotatable bonds is 3. The van der Waals surface area contributed by atoms with Crippen molar-refractivity contribution in [2.75, 3.05) is 6.26 Å². The maximum Gasteiger partial charge on any atom is 0.407 e. The lowest BCUT2D eigenvalue weighted by atomic mass is 9.91. The summed E-state index contributed by atoms with van der Waals surface area (Å²) in [6.45, 7) is 5.16. The third-order valence-electron chi connectivity index (χ3n) is 2.74. The van der Waals surface area contributed by atoms with Gasteiger partial charge in [0.2, 0.25) is 0 Å². The van der Waals surface area contributed by atoms with Crippen LogP contribution in [0.5, 0.6) is 0 Å². The normalized spacial score (nSPS) is 27.9. The standard InChI is InChI=1S/C12H22FNO5S/c1-12(2,3)18-11(15)14-10-6-5-8(7-9(10)13)19-20(4,16)17/h8-10H,5-7H2,1-4H3,(H,14,15)/t8-,9-,10+/m0/s1. The fraction of sp³-hybridized carbons (Fsp3) is 0.917. The van der Waals surface area contributed by atoms with Crippen LogP contribution < -0.4 is 5.32 Å². The molecule has 0 aromatic heterocycles. The van der Waals surface area contributed by atoms with Crippen molar-refractivity contribution in [2.45, 2.75) is 64.0 Å². The minimum atomic E-state index is -3.59. The van der Waals surface area contributed by atoms with Gasteiger partial charge in [-0.25, -0.2) is 9.18 Å². The SMILES string of the molecule is CC(C)(C)OC(=O)N[C@@H]1CC[C@H](OS(C)(=O)=O)C[C@@H]1F. The van der Waals surface area contributed by atoms with Crippen LogP contribution in [0.25, 0.3) is 0 Å². The fourth-order valence-electron chi connectivity index (χ4n) is 2.04. The molecule has 1 rings (SSSR count). The Labute approximate surface area is 119 Å². The summed E-state index contributed by atoms with van der Waals surface area (Å²) in [6, 6.07) is -0.677. The van der Waals surface area contributed by atoms with Gasteiger partial charge < -0.3 is 10.1 Å². The van der Waals surface area contributed by atoms with Gasteiger partial charge in [-0.05, 0) is 33.6 Å². The average molecular weight is 311 g/mol. The number of alkyl carbamates (subject to hydrolysis) is 1. The van der Waals surface area contributed by atoms with E-state index in [-0.39, 0.29) is 6.42 Å². The van der Waals surface area contributed by atoms with Crippen molar-refractivity contribution in [2.24, 2.45) is 0 Å². The summed E-state index contributed by atoms with van der Waals surface area (Å²) in [5, 5.41) is 2.47. The van der Waals surface area contributed by atoms with Crippen molar-refractivity contribution in [3.8, 4) is 0 Å². The van der Waals surface area contributed by atoms with Crippen molar-refractivity contribution < 1.29 is 26.5 Å². The Morgan fingerprint density at radius 3 is 2.35 bits per heavy atom. The van der Waals surface area contributed by atoms with Crippen LogP contribution in [-0.2, 0) is 19.0 Å². The lowest BCUT2D eigenvalue weighted by Gasteiger charge is -2.32. The fourth-order valence-corrected chi connectivity index (χ4v) is 2.70. The van der Waals surface area contributed by atoms with Gasteiger partial charge in [-0.15, -0.1) is 0 Å².